The van der Waals surface area contributed by atoms with Crippen LogP contribution in [-0.4, -0.2) is 51.7 Å². The lowest BCUT2D eigenvalue weighted by molar-refractivity contribution is 0.306. The van der Waals surface area contributed by atoms with Crippen molar-refractivity contribution in [2.75, 3.05) is 30.1 Å². The fraction of sp³-hybridized carbons (Fsp3) is 0.429. The zero-order valence-corrected chi connectivity index (χ0v) is 12.9. The van der Waals surface area contributed by atoms with E-state index < -0.39 is 0 Å². The monoisotopic (exact) mass is 307 g/mol. The van der Waals surface area contributed by atoms with Gasteiger partial charge in [-0.15, -0.1) is 11.8 Å². The highest BCUT2D eigenvalue weighted by atomic mass is 32.2. The molecule has 1 atom stereocenters. The van der Waals surface area contributed by atoms with Gasteiger partial charge in [0.25, 0.3) is 0 Å². The Morgan fingerprint density at radius 1 is 1.55 bits per heavy atom. The fourth-order valence-corrected chi connectivity index (χ4v) is 4.12. The van der Waals surface area contributed by atoms with Crippen LogP contribution in [0.2, 0.25) is 0 Å². The number of anilines is 1. The number of thioether (sulfide) groups is 1. The van der Waals surface area contributed by atoms with Crippen LogP contribution in [0.3, 0.4) is 0 Å². The Hall–Kier alpha value is -1.11. The Balaban J connectivity index is 2.06. The quantitative estimate of drug-likeness (QED) is 0.817. The highest BCUT2D eigenvalue weighted by Crippen LogP contribution is 2.31. The SMILES string of the molecule is Cc1ccc2c(c1)C(=S)N1CSCC1C(=NCCO)N2. The third-order valence-corrected chi connectivity index (χ3v) is 4.98. The highest BCUT2D eigenvalue weighted by Gasteiger charge is 2.35. The molecule has 106 valence electrons. The number of hydrogen-bond acceptors (Lipinski definition) is 4. The van der Waals surface area contributed by atoms with E-state index in [4.69, 9.17) is 17.3 Å². The number of nitrogens with one attached hydrogen (secondary N) is 1. The van der Waals surface area contributed by atoms with E-state index in [1.807, 2.05) is 11.8 Å². The second-order valence-corrected chi connectivity index (χ2v) is 6.34. The van der Waals surface area contributed by atoms with Crippen LogP contribution in [0.1, 0.15) is 11.1 Å². The lowest BCUT2D eigenvalue weighted by Crippen LogP contribution is -2.41. The zero-order valence-electron chi connectivity index (χ0n) is 11.3. The van der Waals surface area contributed by atoms with Gasteiger partial charge < -0.3 is 15.3 Å². The van der Waals surface area contributed by atoms with E-state index in [0.717, 1.165) is 33.7 Å². The van der Waals surface area contributed by atoms with E-state index in [1.54, 1.807) is 0 Å². The Morgan fingerprint density at radius 2 is 2.40 bits per heavy atom. The van der Waals surface area contributed by atoms with Crippen molar-refractivity contribution in [2.45, 2.75) is 13.0 Å². The van der Waals surface area contributed by atoms with Crippen LogP contribution in [0.4, 0.5) is 5.69 Å². The lowest BCUT2D eigenvalue weighted by Gasteiger charge is -2.24. The van der Waals surface area contributed by atoms with Gasteiger partial charge in [0.1, 0.15) is 10.8 Å². The van der Waals surface area contributed by atoms with E-state index in [-0.39, 0.29) is 12.6 Å². The minimum Gasteiger partial charge on any atom is -0.394 e. The summed E-state index contributed by atoms with van der Waals surface area (Å²) in [5.74, 6) is 2.79. The van der Waals surface area contributed by atoms with Crippen molar-refractivity contribution in [2.24, 2.45) is 4.99 Å². The van der Waals surface area contributed by atoms with Gasteiger partial charge in [-0.3, -0.25) is 4.99 Å². The smallest absolute Gasteiger partial charge is 0.125 e. The second kappa shape index (κ2) is 5.71. The molecule has 0 amide bonds. The molecule has 1 aromatic carbocycles. The van der Waals surface area contributed by atoms with Crippen LogP contribution in [-0.2, 0) is 0 Å². The third kappa shape index (κ3) is 2.43. The average molecular weight is 307 g/mol. The maximum atomic E-state index is 9.01. The van der Waals surface area contributed by atoms with Crippen LogP contribution < -0.4 is 5.32 Å². The van der Waals surface area contributed by atoms with Gasteiger partial charge in [0.15, 0.2) is 0 Å². The summed E-state index contributed by atoms with van der Waals surface area (Å²) in [6, 6.07) is 6.44. The maximum absolute atomic E-state index is 9.01. The normalized spacial score (nSPS) is 23.3. The molecule has 1 unspecified atom stereocenters. The Kier molecular flexibility index (Phi) is 3.96. The second-order valence-electron chi connectivity index (χ2n) is 4.96. The minimum atomic E-state index is 0.0657. The lowest BCUT2D eigenvalue weighted by atomic mass is 10.1. The first-order chi connectivity index (χ1) is 9.70. The predicted molar refractivity (Wildman–Crippen MR) is 88.8 cm³/mol. The summed E-state index contributed by atoms with van der Waals surface area (Å²) >= 11 is 7.54. The van der Waals surface area contributed by atoms with Crippen molar-refractivity contribution in [3.05, 3.63) is 29.3 Å². The van der Waals surface area contributed by atoms with Crippen molar-refractivity contribution >= 4 is 40.5 Å². The van der Waals surface area contributed by atoms with Crippen LogP contribution in [0.5, 0.6) is 0 Å². The summed E-state index contributed by atoms with van der Waals surface area (Å²) in [5, 5.41) is 12.4. The first-order valence-corrected chi connectivity index (χ1v) is 8.18. The van der Waals surface area contributed by atoms with Gasteiger partial charge in [0, 0.05) is 17.0 Å². The number of nitrogens with zero attached hydrogens (tertiary/aromatic N) is 2. The first-order valence-electron chi connectivity index (χ1n) is 6.62. The number of hydrogen-bond donors (Lipinski definition) is 2. The number of thiocarbonyl (C=S) groups is 1. The largest absolute Gasteiger partial charge is 0.394 e. The van der Waals surface area contributed by atoms with Gasteiger partial charge in [-0.25, -0.2) is 0 Å². The van der Waals surface area contributed by atoms with Crippen LogP contribution >= 0.6 is 24.0 Å². The molecule has 3 rings (SSSR count). The topological polar surface area (TPSA) is 47.9 Å². The molecule has 2 aliphatic heterocycles. The fourth-order valence-electron chi connectivity index (χ4n) is 2.50. The molecule has 2 aliphatic rings. The van der Waals surface area contributed by atoms with E-state index >= 15 is 0 Å². The molecule has 2 heterocycles. The van der Waals surface area contributed by atoms with Crippen LogP contribution in [0.25, 0.3) is 0 Å². The number of fused-ring (bicyclic) bond motifs is 2. The van der Waals surface area contributed by atoms with E-state index in [2.05, 4.69) is 40.3 Å². The Labute approximate surface area is 128 Å². The molecular weight excluding hydrogens is 290 g/mol. The number of rotatable bonds is 2. The van der Waals surface area contributed by atoms with Crippen LogP contribution in [0.15, 0.2) is 23.2 Å². The maximum Gasteiger partial charge on any atom is 0.125 e. The van der Waals surface area contributed by atoms with Crippen molar-refractivity contribution in [3.63, 3.8) is 0 Å². The molecule has 1 saturated heterocycles. The van der Waals surface area contributed by atoms with Gasteiger partial charge in [-0.2, -0.15) is 0 Å². The van der Waals surface area contributed by atoms with Crippen molar-refractivity contribution in [3.8, 4) is 0 Å². The summed E-state index contributed by atoms with van der Waals surface area (Å²) < 4.78 is 0. The highest BCUT2D eigenvalue weighted by molar-refractivity contribution is 7.99. The number of benzene rings is 1. The molecule has 0 radical (unpaired) electrons. The molecule has 0 bridgehead atoms. The summed E-state index contributed by atoms with van der Waals surface area (Å²) in [7, 11) is 0. The molecule has 1 fully saturated rings. The standard InChI is InChI=1S/C14H17N3OS2/c1-9-2-3-11-10(6-9)14(19)17-8-20-7-12(17)13(16-11)15-4-5-18/h2-3,6,12,18H,4-5,7-8H2,1H3,(H,15,16). The summed E-state index contributed by atoms with van der Waals surface area (Å²) in [4.78, 5) is 7.62. The summed E-state index contributed by atoms with van der Waals surface area (Å²) in [6.07, 6.45) is 0. The van der Waals surface area contributed by atoms with Gasteiger partial charge >= 0.3 is 0 Å². The van der Waals surface area contributed by atoms with Crippen molar-refractivity contribution < 1.29 is 5.11 Å². The summed E-state index contributed by atoms with van der Waals surface area (Å²) in [5.41, 5.74) is 3.28. The Morgan fingerprint density at radius 3 is 3.20 bits per heavy atom. The summed E-state index contributed by atoms with van der Waals surface area (Å²) in [6.45, 7) is 2.56. The molecule has 6 heteroatoms. The Bertz CT molecular complexity index is 574. The van der Waals surface area contributed by atoms with Gasteiger partial charge in [0.2, 0.25) is 0 Å². The zero-order chi connectivity index (χ0) is 14.1. The number of aliphatic hydroxyl groups excluding tert-OH is 1. The molecule has 2 N–H and O–H groups in total. The molecular formula is C14H17N3OS2. The number of aliphatic imine (C=N–C) groups is 1. The molecule has 4 nitrogen and oxygen atoms in total. The molecule has 0 spiro atoms. The molecule has 0 aromatic heterocycles. The minimum absolute atomic E-state index is 0.0657. The molecule has 0 saturated carbocycles. The van der Waals surface area contributed by atoms with Crippen LogP contribution in [0, 0.1) is 6.92 Å². The molecule has 0 aliphatic carbocycles. The van der Waals surface area contributed by atoms with Gasteiger partial charge in [0.05, 0.1) is 25.1 Å². The predicted octanol–water partition coefficient (Wildman–Crippen LogP) is 1.86. The van der Waals surface area contributed by atoms with Gasteiger partial charge in [-0.05, 0) is 19.1 Å². The third-order valence-electron chi connectivity index (χ3n) is 3.51. The van der Waals surface area contributed by atoms with Crippen molar-refractivity contribution in [1.29, 1.82) is 0 Å². The number of aliphatic hydroxyl groups is 1. The number of amidine groups is 1. The molecule has 1 aromatic rings. The average Bonchev–Trinajstić information content (AvgIpc) is 2.89. The van der Waals surface area contributed by atoms with Crippen molar-refractivity contribution in [1.82, 2.24) is 4.90 Å². The van der Waals surface area contributed by atoms with E-state index in [1.165, 1.54) is 5.56 Å². The van der Waals surface area contributed by atoms with E-state index in [9.17, 15) is 0 Å². The number of aryl methyl sites for hydroxylation is 1. The molecule has 20 heavy (non-hydrogen) atoms. The van der Waals surface area contributed by atoms with E-state index in [0.29, 0.717) is 6.54 Å². The van der Waals surface area contributed by atoms with Gasteiger partial charge in [-0.1, -0.05) is 23.8 Å². The first kappa shape index (κ1) is 13.9.